The smallest absolute Gasteiger partial charge is 0.247 e. The molecule has 1 amide bonds. The van der Waals surface area contributed by atoms with Crippen LogP contribution in [0.3, 0.4) is 0 Å². The number of rotatable bonds is 4. The zero-order valence-electron chi connectivity index (χ0n) is 11.4. The Bertz CT molecular complexity index is 468. The quantitative estimate of drug-likeness (QED) is 0.863. The number of nitrogens with two attached hydrogens (primary N) is 1. The minimum absolute atomic E-state index is 0.227. The molecule has 1 aromatic rings. The molecule has 0 saturated carbocycles. The van der Waals surface area contributed by atoms with Gasteiger partial charge in [0.15, 0.2) is 0 Å². The van der Waals surface area contributed by atoms with Crippen molar-refractivity contribution in [1.82, 2.24) is 0 Å². The number of anilines is 1. The number of amides is 1. The highest BCUT2D eigenvalue weighted by Gasteiger charge is 2.38. The fraction of sp³-hybridized carbons (Fsp3) is 0.500. The third-order valence-electron chi connectivity index (χ3n) is 3.19. The van der Waals surface area contributed by atoms with Gasteiger partial charge in [-0.2, -0.15) is 0 Å². The molecule has 0 spiro atoms. The van der Waals surface area contributed by atoms with E-state index < -0.39 is 5.54 Å². The third kappa shape index (κ3) is 3.05. The fourth-order valence-electron chi connectivity index (χ4n) is 2.01. The molecular formula is C14H20N2O3. The van der Waals surface area contributed by atoms with E-state index in [9.17, 15) is 4.79 Å². The highest BCUT2D eigenvalue weighted by Crippen LogP contribution is 2.27. The first kappa shape index (κ1) is 13.8. The Labute approximate surface area is 113 Å². The molecular weight excluding hydrogens is 244 g/mol. The Kier molecular flexibility index (Phi) is 4.07. The maximum atomic E-state index is 12.2. The van der Waals surface area contributed by atoms with Crippen LogP contribution >= 0.6 is 0 Å². The van der Waals surface area contributed by atoms with Crippen molar-refractivity contribution in [3.05, 3.63) is 23.8 Å². The molecule has 1 saturated heterocycles. The first-order valence-corrected chi connectivity index (χ1v) is 6.47. The molecule has 1 heterocycles. The Balaban J connectivity index is 2.16. The molecule has 104 valence electrons. The van der Waals surface area contributed by atoms with E-state index in [-0.39, 0.29) is 12.5 Å². The van der Waals surface area contributed by atoms with Crippen LogP contribution in [0, 0.1) is 6.92 Å². The highest BCUT2D eigenvalue weighted by atomic mass is 16.5. The van der Waals surface area contributed by atoms with Crippen molar-refractivity contribution in [3.8, 4) is 5.75 Å². The van der Waals surface area contributed by atoms with Gasteiger partial charge in [-0.1, -0.05) is 6.07 Å². The second-order valence-electron chi connectivity index (χ2n) is 4.85. The van der Waals surface area contributed by atoms with Crippen molar-refractivity contribution < 1.29 is 14.3 Å². The van der Waals surface area contributed by atoms with Crippen LogP contribution in [0.2, 0.25) is 0 Å². The minimum Gasteiger partial charge on any atom is -0.492 e. The summed E-state index contributed by atoms with van der Waals surface area (Å²) in [4.78, 5) is 12.2. The van der Waals surface area contributed by atoms with Crippen LogP contribution in [0.15, 0.2) is 18.2 Å². The van der Waals surface area contributed by atoms with E-state index in [1.807, 2.05) is 32.0 Å². The van der Waals surface area contributed by atoms with Gasteiger partial charge in [-0.15, -0.1) is 0 Å². The van der Waals surface area contributed by atoms with Gasteiger partial charge in [0, 0.05) is 6.61 Å². The number of carbonyl (C=O) groups is 1. The molecule has 19 heavy (non-hydrogen) atoms. The largest absolute Gasteiger partial charge is 0.492 e. The number of ether oxygens (including phenoxy) is 2. The summed E-state index contributed by atoms with van der Waals surface area (Å²) < 4.78 is 10.7. The van der Waals surface area contributed by atoms with Crippen molar-refractivity contribution in [2.75, 3.05) is 25.1 Å². The average Bonchev–Trinajstić information content (AvgIpc) is 2.81. The summed E-state index contributed by atoms with van der Waals surface area (Å²) in [5.74, 6) is 0.438. The predicted molar refractivity (Wildman–Crippen MR) is 73.3 cm³/mol. The maximum absolute atomic E-state index is 12.2. The second-order valence-corrected chi connectivity index (χ2v) is 4.85. The molecule has 1 aliphatic heterocycles. The molecule has 5 nitrogen and oxygen atoms in total. The van der Waals surface area contributed by atoms with Gasteiger partial charge in [-0.05, 0) is 38.0 Å². The number of aryl methyl sites for hydroxylation is 1. The molecule has 0 radical (unpaired) electrons. The highest BCUT2D eigenvalue weighted by molar-refractivity contribution is 5.99. The molecule has 1 atom stereocenters. The first-order valence-electron chi connectivity index (χ1n) is 6.47. The van der Waals surface area contributed by atoms with Crippen LogP contribution in [-0.2, 0) is 9.53 Å². The first-order chi connectivity index (χ1) is 9.05. The molecule has 1 fully saturated rings. The van der Waals surface area contributed by atoms with Gasteiger partial charge in [-0.3, -0.25) is 4.79 Å². The zero-order valence-corrected chi connectivity index (χ0v) is 11.4. The van der Waals surface area contributed by atoms with Gasteiger partial charge >= 0.3 is 0 Å². The summed E-state index contributed by atoms with van der Waals surface area (Å²) in [7, 11) is 0. The van der Waals surface area contributed by atoms with Crippen LogP contribution in [0.1, 0.15) is 18.9 Å². The van der Waals surface area contributed by atoms with E-state index in [2.05, 4.69) is 5.32 Å². The molecule has 0 aromatic heterocycles. The van der Waals surface area contributed by atoms with E-state index in [0.717, 1.165) is 5.56 Å². The number of carbonyl (C=O) groups excluding carboxylic acids is 1. The maximum Gasteiger partial charge on any atom is 0.247 e. The van der Waals surface area contributed by atoms with Crippen molar-refractivity contribution in [2.45, 2.75) is 25.8 Å². The lowest BCUT2D eigenvalue weighted by molar-refractivity contribution is -0.121. The van der Waals surface area contributed by atoms with Crippen LogP contribution in [0.4, 0.5) is 5.69 Å². The topological polar surface area (TPSA) is 73.6 Å². The van der Waals surface area contributed by atoms with E-state index in [4.69, 9.17) is 15.2 Å². The summed E-state index contributed by atoms with van der Waals surface area (Å²) in [5.41, 5.74) is 6.81. The van der Waals surface area contributed by atoms with Gasteiger partial charge < -0.3 is 20.5 Å². The predicted octanol–water partition coefficient (Wildman–Crippen LogP) is 1.45. The van der Waals surface area contributed by atoms with E-state index in [1.165, 1.54) is 0 Å². The molecule has 2 rings (SSSR count). The number of nitrogens with one attached hydrogen (secondary N) is 1. The lowest BCUT2D eigenvalue weighted by atomic mass is 9.99. The van der Waals surface area contributed by atoms with Gasteiger partial charge in [0.25, 0.3) is 0 Å². The van der Waals surface area contributed by atoms with E-state index in [0.29, 0.717) is 31.1 Å². The van der Waals surface area contributed by atoms with Crippen LogP contribution in [0.5, 0.6) is 5.75 Å². The molecule has 0 bridgehead atoms. The van der Waals surface area contributed by atoms with Crippen molar-refractivity contribution in [3.63, 3.8) is 0 Å². The normalized spacial score (nSPS) is 22.3. The van der Waals surface area contributed by atoms with Crippen LogP contribution in [0.25, 0.3) is 0 Å². The van der Waals surface area contributed by atoms with Gasteiger partial charge in [-0.25, -0.2) is 0 Å². The minimum atomic E-state index is -0.936. The number of hydrogen-bond acceptors (Lipinski definition) is 4. The van der Waals surface area contributed by atoms with Crippen molar-refractivity contribution in [1.29, 1.82) is 0 Å². The van der Waals surface area contributed by atoms with Gasteiger partial charge in [0.1, 0.15) is 11.3 Å². The summed E-state index contributed by atoms with van der Waals surface area (Å²) >= 11 is 0. The molecule has 3 N–H and O–H groups in total. The summed E-state index contributed by atoms with van der Waals surface area (Å²) in [6, 6.07) is 5.65. The number of benzene rings is 1. The van der Waals surface area contributed by atoms with Crippen molar-refractivity contribution >= 4 is 11.6 Å². The lowest BCUT2D eigenvalue weighted by Crippen LogP contribution is -2.51. The molecule has 1 unspecified atom stereocenters. The monoisotopic (exact) mass is 264 g/mol. The number of hydrogen-bond donors (Lipinski definition) is 2. The van der Waals surface area contributed by atoms with Gasteiger partial charge in [0.2, 0.25) is 5.91 Å². The molecule has 1 aromatic carbocycles. The summed E-state index contributed by atoms with van der Waals surface area (Å²) in [6.07, 6.45) is 0.536. The lowest BCUT2D eigenvalue weighted by Gasteiger charge is -2.21. The third-order valence-corrected chi connectivity index (χ3v) is 3.19. The fourth-order valence-corrected chi connectivity index (χ4v) is 2.01. The van der Waals surface area contributed by atoms with E-state index >= 15 is 0 Å². The van der Waals surface area contributed by atoms with Crippen molar-refractivity contribution in [2.24, 2.45) is 5.73 Å². The summed E-state index contributed by atoms with van der Waals surface area (Å²) in [6.45, 7) is 5.21. The average molecular weight is 264 g/mol. The molecule has 1 aliphatic rings. The van der Waals surface area contributed by atoms with Crippen LogP contribution < -0.4 is 15.8 Å². The van der Waals surface area contributed by atoms with E-state index in [1.54, 1.807) is 0 Å². The second kappa shape index (κ2) is 5.59. The zero-order chi connectivity index (χ0) is 13.9. The SMILES string of the molecule is CCOc1cc(C)ccc1NC(=O)C1(N)CCOC1. The summed E-state index contributed by atoms with van der Waals surface area (Å²) in [5, 5.41) is 2.84. The Hall–Kier alpha value is -1.59. The Morgan fingerprint density at radius 2 is 2.37 bits per heavy atom. The molecule has 5 heteroatoms. The molecule has 0 aliphatic carbocycles. The van der Waals surface area contributed by atoms with Gasteiger partial charge in [0.05, 0.1) is 18.9 Å². The standard InChI is InChI=1S/C14H20N2O3/c1-3-19-12-8-10(2)4-5-11(12)16-13(17)14(15)6-7-18-9-14/h4-5,8H,3,6-7,9,15H2,1-2H3,(H,16,17). The van der Waals surface area contributed by atoms with Crippen LogP contribution in [-0.4, -0.2) is 31.3 Å². The Morgan fingerprint density at radius 3 is 3.00 bits per heavy atom. The Morgan fingerprint density at radius 1 is 1.58 bits per heavy atom.